The number of rotatable bonds is 8. The monoisotopic (exact) mass is 487 g/mol. The SMILES string of the molecule is CC(=O)c1cccc(S(=O)(=O)N2CCC(C(=O)NCC(c3ccco3)N3CCCCC3)CC2)c1. The number of benzene rings is 1. The number of hydrogen-bond acceptors (Lipinski definition) is 6. The van der Waals surface area contributed by atoms with Crippen LogP contribution in [0, 0.1) is 5.92 Å². The number of carbonyl (C=O) groups excluding carboxylic acids is 2. The van der Waals surface area contributed by atoms with Crippen LogP contribution >= 0.6 is 0 Å². The number of nitrogens with zero attached hydrogens (tertiary/aromatic N) is 2. The molecule has 1 aromatic heterocycles. The molecule has 2 aromatic rings. The van der Waals surface area contributed by atoms with Gasteiger partial charge in [0.2, 0.25) is 15.9 Å². The van der Waals surface area contributed by atoms with Gasteiger partial charge < -0.3 is 9.73 Å². The van der Waals surface area contributed by atoms with E-state index in [1.54, 1.807) is 18.4 Å². The number of piperidine rings is 2. The van der Waals surface area contributed by atoms with Crippen molar-refractivity contribution in [1.82, 2.24) is 14.5 Å². The minimum absolute atomic E-state index is 0.00766. The second-order valence-corrected chi connectivity index (χ2v) is 11.1. The van der Waals surface area contributed by atoms with E-state index < -0.39 is 10.0 Å². The molecule has 1 unspecified atom stereocenters. The Morgan fingerprint density at radius 2 is 1.79 bits per heavy atom. The lowest BCUT2D eigenvalue weighted by Crippen LogP contribution is -2.45. The van der Waals surface area contributed by atoms with Crippen LogP contribution in [0.1, 0.15) is 61.2 Å². The maximum atomic E-state index is 13.1. The maximum absolute atomic E-state index is 13.1. The van der Waals surface area contributed by atoms with Gasteiger partial charge in [-0.05, 0) is 70.0 Å². The Labute approximate surface area is 201 Å². The van der Waals surface area contributed by atoms with Gasteiger partial charge in [-0.25, -0.2) is 8.42 Å². The predicted molar refractivity (Wildman–Crippen MR) is 128 cm³/mol. The molecule has 0 radical (unpaired) electrons. The van der Waals surface area contributed by atoms with E-state index in [0.29, 0.717) is 24.9 Å². The van der Waals surface area contributed by atoms with Crippen LogP contribution in [-0.4, -0.2) is 62.0 Å². The average Bonchev–Trinajstić information content (AvgIpc) is 3.39. The maximum Gasteiger partial charge on any atom is 0.243 e. The second kappa shape index (κ2) is 10.8. The first-order valence-electron chi connectivity index (χ1n) is 12.0. The van der Waals surface area contributed by atoms with E-state index in [9.17, 15) is 18.0 Å². The first kappa shape index (κ1) is 24.6. The molecule has 1 N–H and O–H groups in total. The molecule has 8 nitrogen and oxygen atoms in total. The molecule has 1 amide bonds. The standard InChI is InChI=1S/C25H33N3O5S/c1-19(29)21-7-5-8-22(17-21)34(31,32)28-14-10-20(11-15-28)25(30)26-18-23(24-9-6-16-33-24)27-12-3-2-4-13-27/h5-9,16-17,20,23H,2-4,10-15,18H2,1H3,(H,26,30). The molecule has 2 aliphatic rings. The van der Waals surface area contributed by atoms with E-state index in [0.717, 1.165) is 31.7 Å². The highest BCUT2D eigenvalue weighted by Gasteiger charge is 2.33. The first-order chi connectivity index (χ1) is 16.4. The van der Waals surface area contributed by atoms with Gasteiger partial charge in [0, 0.05) is 31.1 Å². The highest BCUT2D eigenvalue weighted by molar-refractivity contribution is 7.89. The lowest BCUT2D eigenvalue weighted by atomic mass is 9.97. The van der Waals surface area contributed by atoms with Gasteiger partial charge in [-0.3, -0.25) is 14.5 Å². The number of carbonyl (C=O) groups is 2. The van der Waals surface area contributed by atoms with E-state index in [1.165, 1.54) is 29.8 Å². The molecule has 0 bridgehead atoms. The smallest absolute Gasteiger partial charge is 0.243 e. The number of nitrogens with one attached hydrogen (secondary N) is 1. The molecule has 34 heavy (non-hydrogen) atoms. The predicted octanol–water partition coefficient (Wildman–Crippen LogP) is 3.23. The summed E-state index contributed by atoms with van der Waals surface area (Å²) in [4.78, 5) is 27.1. The molecule has 2 aliphatic heterocycles. The van der Waals surface area contributed by atoms with E-state index in [-0.39, 0.29) is 41.6 Å². The molecule has 0 saturated carbocycles. The average molecular weight is 488 g/mol. The third kappa shape index (κ3) is 5.59. The fourth-order valence-electron chi connectivity index (χ4n) is 4.85. The molecule has 1 atom stereocenters. The quantitative estimate of drug-likeness (QED) is 0.574. The summed E-state index contributed by atoms with van der Waals surface area (Å²) in [6.45, 7) is 4.42. The van der Waals surface area contributed by atoms with Crippen LogP contribution in [0.5, 0.6) is 0 Å². The number of sulfonamides is 1. The number of Topliss-reactive ketones (excluding diaryl/α,β-unsaturated/α-hetero) is 1. The summed E-state index contributed by atoms with van der Waals surface area (Å²) in [5.41, 5.74) is 0.371. The van der Waals surface area contributed by atoms with Crippen molar-refractivity contribution in [2.75, 3.05) is 32.7 Å². The largest absolute Gasteiger partial charge is 0.468 e. The zero-order valence-corrected chi connectivity index (χ0v) is 20.4. The number of hydrogen-bond donors (Lipinski definition) is 1. The number of ketones is 1. The van der Waals surface area contributed by atoms with Crippen LogP contribution in [0.3, 0.4) is 0 Å². The van der Waals surface area contributed by atoms with Crippen molar-refractivity contribution >= 4 is 21.7 Å². The van der Waals surface area contributed by atoms with Gasteiger partial charge in [-0.15, -0.1) is 0 Å². The van der Waals surface area contributed by atoms with E-state index in [4.69, 9.17) is 4.42 Å². The van der Waals surface area contributed by atoms with E-state index >= 15 is 0 Å². The van der Waals surface area contributed by atoms with Gasteiger partial charge in [-0.2, -0.15) is 4.31 Å². The molecule has 9 heteroatoms. The van der Waals surface area contributed by atoms with Gasteiger partial charge in [-0.1, -0.05) is 18.6 Å². The van der Waals surface area contributed by atoms with Crippen molar-refractivity contribution in [2.45, 2.75) is 50.0 Å². The highest BCUT2D eigenvalue weighted by Crippen LogP contribution is 2.27. The van der Waals surface area contributed by atoms with Crippen molar-refractivity contribution in [3.8, 4) is 0 Å². The second-order valence-electron chi connectivity index (χ2n) is 9.14. The fraction of sp³-hybridized carbons (Fsp3) is 0.520. The molecule has 2 fully saturated rings. The minimum Gasteiger partial charge on any atom is -0.468 e. The van der Waals surface area contributed by atoms with Crippen molar-refractivity contribution in [2.24, 2.45) is 5.92 Å². The van der Waals surface area contributed by atoms with Crippen LogP contribution in [0.4, 0.5) is 0 Å². The highest BCUT2D eigenvalue weighted by atomic mass is 32.2. The zero-order valence-electron chi connectivity index (χ0n) is 19.6. The normalized spacial score (nSPS) is 19.6. The summed E-state index contributed by atoms with van der Waals surface area (Å²) < 4.78 is 33.2. The lowest BCUT2D eigenvalue weighted by Gasteiger charge is -2.34. The zero-order chi connectivity index (χ0) is 24.1. The van der Waals surface area contributed by atoms with Gasteiger partial charge in [0.1, 0.15) is 5.76 Å². The van der Waals surface area contributed by atoms with E-state index in [2.05, 4.69) is 10.2 Å². The summed E-state index contributed by atoms with van der Waals surface area (Å²) in [6.07, 6.45) is 6.12. The van der Waals surface area contributed by atoms with Crippen molar-refractivity contribution in [1.29, 1.82) is 0 Å². The molecule has 1 aromatic carbocycles. The van der Waals surface area contributed by atoms with Crippen LogP contribution in [0.15, 0.2) is 52.0 Å². The van der Waals surface area contributed by atoms with Crippen LogP contribution in [-0.2, 0) is 14.8 Å². The molecule has 0 spiro atoms. The van der Waals surface area contributed by atoms with Gasteiger partial charge in [0.25, 0.3) is 0 Å². The van der Waals surface area contributed by atoms with E-state index in [1.807, 2.05) is 12.1 Å². The Bertz CT molecular complexity index is 1090. The molecular weight excluding hydrogens is 454 g/mol. The summed E-state index contributed by atoms with van der Waals surface area (Å²) in [6, 6.07) is 9.96. The first-order valence-corrected chi connectivity index (χ1v) is 13.5. The minimum atomic E-state index is -3.71. The summed E-state index contributed by atoms with van der Waals surface area (Å²) >= 11 is 0. The Hall–Kier alpha value is -2.49. The molecule has 184 valence electrons. The Balaban J connectivity index is 1.34. The Morgan fingerprint density at radius 1 is 1.06 bits per heavy atom. The fourth-order valence-corrected chi connectivity index (χ4v) is 6.36. The lowest BCUT2D eigenvalue weighted by molar-refractivity contribution is -0.126. The molecular formula is C25H33N3O5S. The van der Waals surface area contributed by atoms with Crippen molar-refractivity contribution in [3.63, 3.8) is 0 Å². The van der Waals surface area contributed by atoms with Crippen molar-refractivity contribution < 1.29 is 22.4 Å². The van der Waals surface area contributed by atoms with Gasteiger partial charge in [0.05, 0.1) is 17.2 Å². The number of amides is 1. The summed E-state index contributed by atoms with van der Waals surface area (Å²) in [5, 5.41) is 3.10. The Kier molecular flexibility index (Phi) is 7.85. The third-order valence-electron chi connectivity index (χ3n) is 6.88. The molecule has 0 aliphatic carbocycles. The van der Waals surface area contributed by atoms with Crippen molar-refractivity contribution in [3.05, 3.63) is 54.0 Å². The molecule has 4 rings (SSSR count). The number of likely N-dealkylation sites (tertiary alicyclic amines) is 1. The summed E-state index contributed by atoms with van der Waals surface area (Å²) in [5.74, 6) is 0.415. The van der Waals surface area contributed by atoms with Crippen LogP contribution in [0.25, 0.3) is 0 Å². The van der Waals surface area contributed by atoms with Gasteiger partial charge >= 0.3 is 0 Å². The number of furan rings is 1. The third-order valence-corrected chi connectivity index (χ3v) is 8.77. The van der Waals surface area contributed by atoms with Gasteiger partial charge in [0.15, 0.2) is 5.78 Å². The van der Waals surface area contributed by atoms with Crippen LogP contribution in [0.2, 0.25) is 0 Å². The molecule has 2 saturated heterocycles. The Morgan fingerprint density at radius 3 is 2.44 bits per heavy atom. The molecule has 3 heterocycles. The summed E-state index contributed by atoms with van der Waals surface area (Å²) in [7, 11) is -3.71. The van der Waals surface area contributed by atoms with Crippen LogP contribution < -0.4 is 5.32 Å². The topological polar surface area (TPSA) is 99.9 Å².